The van der Waals surface area contributed by atoms with Crippen LogP contribution in [0.4, 0.5) is 5.69 Å². The second-order valence-corrected chi connectivity index (χ2v) is 7.88. The zero-order chi connectivity index (χ0) is 22.1. The summed E-state index contributed by atoms with van der Waals surface area (Å²) in [5, 5.41) is 22.7. The molecule has 2 aromatic rings. The molecule has 2 fully saturated rings. The summed E-state index contributed by atoms with van der Waals surface area (Å²) in [4.78, 5) is 38.0. The molecule has 0 spiro atoms. The van der Waals surface area contributed by atoms with Crippen LogP contribution in [0.5, 0.6) is 0 Å². The van der Waals surface area contributed by atoms with E-state index in [4.69, 9.17) is 16.3 Å². The third-order valence-corrected chi connectivity index (χ3v) is 5.73. The van der Waals surface area contributed by atoms with E-state index in [1.54, 1.807) is 18.2 Å². The van der Waals surface area contributed by atoms with Crippen molar-refractivity contribution >= 4 is 34.7 Å². The molecule has 2 aromatic carbocycles. The summed E-state index contributed by atoms with van der Waals surface area (Å²) >= 11 is 5.91. The van der Waals surface area contributed by atoms with Crippen LogP contribution >= 0.6 is 11.6 Å². The lowest BCUT2D eigenvalue weighted by atomic mass is 9.95. The van der Waals surface area contributed by atoms with Crippen molar-refractivity contribution in [3.05, 3.63) is 80.4 Å². The highest BCUT2D eigenvalue weighted by Crippen LogP contribution is 2.40. The van der Waals surface area contributed by atoms with Gasteiger partial charge in [0.15, 0.2) is 0 Å². The van der Waals surface area contributed by atoms with E-state index in [9.17, 15) is 24.8 Å². The molecule has 1 N–H and O–H groups in total. The molecule has 0 radical (unpaired) electrons. The highest BCUT2D eigenvalue weighted by atomic mass is 35.5. The number of nitro groups is 1. The predicted octanol–water partition coefficient (Wildman–Crippen LogP) is 3.85. The summed E-state index contributed by atoms with van der Waals surface area (Å²) in [6.45, 7) is 0.718. The van der Waals surface area contributed by atoms with Crippen molar-refractivity contribution in [3.8, 4) is 0 Å². The number of carbonyl (C=O) groups excluding carboxylic acids is 2. The Bertz CT molecular complexity index is 1080. The Kier molecular flexibility index (Phi) is 5.75. The maximum absolute atomic E-state index is 13.0. The number of rotatable bonds is 5. The van der Waals surface area contributed by atoms with Crippen molar-refractivity contribution in [1.29, 1.82) is 0 Å². The highest BCUT2D eigenvalue weighted by Gasteiger charge is 2.47. The van der Waals surface area contributed by atoms with E-state index < -0.39 is 22.7 Å². The molecule has 2 heterocycles. The Morgan fingerprint density at radius 2 is 1.97 bits per heavy atom. The van der Waals surface area contributed by atoms with Gasteiger partial charge in [0, 0.05) is 35.9 Å². The smallest absolute Gasteiger partial charge is 0.295 e. The van der Waals surface area contributed by atoms with Crippen LogP contribution in [-0.2, 0) is 14.3 Å². The number of hydrogen-bond donors (Lipinski definition) is 1. The lowest BCUT2D eigenvalue weighted by Crippen LogP contribution is -2.36. The molecule has 2 atom stereocenters. The molecule has 2 aliphatic heterocycles. The number of likely N-dealkylation sites (tertiary alicyclic amines) is 1. The van der Waals surface area contributed by atoms with Gasteiger partial charge >= 0.3 is 0 Å². The van der Waals surface area contributed by atoms with Gasteiger partial charge in [-0.3, -0.25) is 19.7 Å². The van der Waals surface area contributed by atoms with Gasteiger partial charge in [-0.1, -0.05) is 23.7 Å². The number of amides is 1. The number of hydrogen-bond acceptors (Lipinski definition) is 6. The van der Waals surface area contributed by atoms with Gasteiger partial charge in [0.2, 0.25) is 0 Å². The number of aliphatic hydroxyl groups excluding tert-OH is 1. The highest BCUT2D eigenvalue weighted by molar-refractivity contribution is 6.46. The zero-order valence-corrected chi connectivity index (χ0v) is 17.1. The third-order valence-electron chi connectivity index (χ3n) is 5.48. The molecule has 0 aliphatic carbocycles. The molecule has 2 saturated heterocycles. The molecule has 1 amide bonds. The van der Waals surface area contributed by atoms with Crippen LogP contribution in [0.3, 0.4) is 0 Å². The van der Waals surface area contributed by atoms with Crippen molar-refractivity contribution in [3.63, 3.8) is 0 Å². The number of nitro benzene ring substituents is 1. The molecule has 31 heavy (non-hydrogen) atoms. The number of nitrogens with zero attached hydrogens (tertiary/aromatic N) is 2. The summed E-state index contributed by atoms with van der Waals surface area (Å²) in [5.41, 5.74) is 0.384. The van der Waals surface area contributed by atoms with E-state index in [2.05, 4.69) is 0 Å². The van der Waals surface area contributed by atoms with Crippen molar-refractivity contribution in [2.24, 2.45) is 0 Å². The van der Waals surface area contributed by atoms with Crippen molar-refractivity contribution < 1.29 is 24.4 Å². The molecular formula is C22H19ClN2O6. The maximum atomic E-state index is 13.0. The number of carbonyl (C=O) groups is 2. The number of aliphatic hydroxyl groups is 1. The minimum Gasteiger partial charge on any atom is -0.507 e. The van der Waals surface area contributed by atoms with Crippen LogP contribution < -0.4 is 0 Å². The van der Waals surface area contributed by atoms with Crippen LogP contribution in [0.15, 0.2) is 54.1 Å². The topological polar surface area (TPSA) is 110 Å². The maximum Gasteiger partial charge on any atom is 0.295 e. The lowest BCUT2D eigenvalue weighted by molar-refractivity contribution is -0.384. The van der Waals surface area contributed by atoms with E-state index >= 15 is 0 Å². The van der Waals surface area contributed by atoms with Crippen LogP contribution in [0.2, 0.25) is 5.02 Å². The SMILES string of the molecule is O=C1C(=O)N(C[C@@H]2CCCO2)[C@@H](c2cccc([N+](=O)[O-])c2)C1=C(O)c1ccc(Cl)cc1. The summed E-state index contributed by atoms with van der Waals surface area (Å²) in [5.74, 6) is -1.98. The van der Waals surface area contributed by atoms with Crippen LogP contribution in [0.25, 0.3) is 5.76 Å². The third kappa shape index (κ3) is 4.04. The Balaban J connectivity index is 1.85. The molecular weight excluding hydrogens is 424 g/mol. The Morgan fingerprint density at radius 1 is 1.23 bits per heavy atom. The predicted molar refractivity (Wildman–Crippen MR) is 113 cm³/mol. The Morgan fingerprint density at radius 3 is 2.61 bits per heavy atom. The van der Waals surface area contributed by atoms with Gasteiger partial charge in [0.25, 0.3) is 17.4 Å². The molecule has 9 heteroatoms. The number of benzene rings is 2. The van der Waals surface area contributed by atoms with E-state index in [0.717, 1.165) is 12.8 Å². The van der Waals surface area contributed by atoms with Crippen LogP contribution in [0, 0.1) is 10.1 Å². The monoisotopic (exact) mass is 442 g/mol. The molecule has 4 rings (SSSR count). The summed E-state index contributed by atoms with van der Waals surface area (Å²) in [7, 11) is 0. The molecule has 2 aliphatic rings. The molecule has 0 unspecified atom stereocenters. The fraction of sp³-hybridized carbons (Fsp3) is 0.273. The fourth-order valence-corrected chi connectivity index (χ4v) is 4.12. The second kappa shape index (κ2) is 8.49. The summed E-state index contributed by atoms with van der Waals surface area (Å²) in [6.07, 6.45) is 1.35. The average Bonchev–Trinajstić information content (AvgIpc) is 3.36. The lowest BCUT2D eigenvalue weighted by Gasteiger charge is -2.27. The van der Waals surface area contributed by atoms with Gasteiger partial charge in [-0.2, -0.15) is 0 Å². The second-order valence-electron chi connectivity index (χ2n) is 7.45. The first kappa shape index (κ1) is 21.0. The molecule has 8 nitrogen and oxygen atoms in total. The average molecular weight is 443 g/mol. The Hall–Kier alpha value is -3.23. The van der Waals surface area contributed by atoms with Crippen LogP contribution in [0.1, 0.15) is 30.0 Å². The van der Waals surface area contributed by atoms with Gasteiger partial charge in [-0.25, -0.2) is 0 Å². The first-order valence-electron chi connectivity index (χ1n) is 9.77. The molecule has 160 valence electrons. The van der Waals surface area contributed by atoms with E-state index in [1.807, 2.05) is 0 Å². The molecule has 0 aromatic heterocycles. The van der Waals surface area contributed by atoms with Crippen molar-refractivity contribution in [2.75, 3.05) is 13.2 Å². The minimum atomic E-state index is -0.972. The molecule has 0 bridgehead atoms. The number of Topliss-reactive ketones (excluding diaryl/α,β-unsaturated/α-hetero) is 1. The fourth-order valence-electron chi connectivity index (χ4n) is 3.99. The van der Waals surface area contributed by atoms with Gasteiger partial charge in [0.05, 0.1) is 22.6 Å². The molecule has 0 saturated carbocycles. The van der Waals surface area contributed by atoms with Crippen LogP contribution in [-0.4, -0.2) is 45.9 Å². The van der Waals surface area contributed by atoms with Gasteiger partial charge in [0.1, 0.15) is 5.76 Å². The minimum absolute atomic E-state index is 0.120. The summed E-state index contributed by atoms with van der Waals surface area (Å²) < 4.78 is 5.63. The van der Waals surface area contributed by atoms with Gasteiger partial charge in [-0.05, 0) is 42.7 Å². The first-order chi connectivity index (χ1) is 14.9. The normalized spacial score (nSPS) is 22.8. The van der Waals surface area contributed by atoms with E-state index in [-0.39, 0.29) is 29.7 Å². The number of halogens is 1. The zero-order valence-electron chi connectivity index (χ0n) is 16.4. The van der Waals surface area contributed by atoms with Gasteiger partial charge < -0.3 is 14.7 Å². The Labute approximate surface area is 182 Å². The summed E-state index contributed by atoms with van der Waals surface area (Å²) in [6, 6.07) is 10.9. The van der Waals surface area contributed by atoms with Gasteiger partial charge in [-0.15, -0.1) is 0 Å². The van der Waals surface area contributed by atoms with Crippen molar-refractivity contribution in [2.45, 2.75) is 25.0 Å². The quantitative estimate of drug-likeness (QED) is 0.247. The number of ether oxygens (including phenoxy) is 1. The van der Waals surface area contributed by atoms with Crippen molar-refractivity contribution in [1.82, 2.24) is 4.90 Å². The van der Waals surface area contributed by atoms with E-state index in [1.165, 1.54) is 35.2 Å². The first-order valence-corrected chi connectivity index (χ1v) is 10.1. The standard InChI is InChI=1S/C22H19ClN2O6/c23-15-8-6-13(7-9-15)20(26)18-19(14-3-1-4-16(11-14)25(29)30)24(22(28)21(18)27)12-17-5-2-10-31-17/h1,3-4,6-9,11,17,19,26H,2,5,10,12H2/t17-,19-/m0/s1. The number of non-ortho nitro benzene ring substituents is 1. The van der Waals surface area contributed by atoms with E-state index in [0.29, 0.717) is 22.8 Å². The largest absolute Gasteiger partial charge is 0.507 e. The number of ketones is 1.